The number of carbonyl (C=O) groups is 1. The molecule has 0 spiro atoms. The van der Waals surface area contributed by atoms with Crippen LogP contribution in [0.2, 0.25) is 0 Å². The molecule has 0 fully saturated rings. The van der Waals surface area contributed by atoms with E-state index in [2.05, 4.69) is 4.98 Å². The fourth-order valence-electron chi connectivity index (χ4n) is 0.741. The zero-order valence-corrected chi connectivity index (χ0v) is 10.2. The second-order valence-electron chi connectivity index (χ2n) is 2.62. The van der Waals surface area contributed by atoms with Crippen LogP contribution in [-0.2, 0) is 4.74 Å². The van der Waals surface area contributed by atoms with Gasteiger partial charge in [-0.3, -0.25) is 9.78 Å². The average molecular weight is 265 g/mol. The fraction of sp³-hybridized carbons (Fsp3) is 0.400. The van der Waals surface area contributed by atoms with E-state index in [9.17, 15) is 4.79 Å². The van der Waals surface area contributed by atoms with Gasteiger partial charge in [0.25, 0.3) is 0 Å². The number of carbonyl (C=O) groups excluding carboxylic acids is 1. The van der Waals surface area contributed by atoms with Crippen LogP contribution in [0.15, 0.2) is 18.3 Å². The second-order valence-corrected chi connectivity index (χ2v) is 3.38. The molecule has 90 valence electrons. The number of rotatable bonds is 5. The smallest absolute Gasteiger partial charge is 0.168 e. The lowest BCUT2D eigenvalue weighted by Gasteiger charge is -1.93. The van der Waals surface area contributed by atoms with Gasteiger partial charge < -0.3 is 10.5 Å². The summed E-state index contributed by atoms with van der Waals surface area (Å²) < 4.78 is 4.87. The Bertz CT molecular complexity index is 294. The maximum absolute atomic E-state index is 10.0. The number of aldehydes is 1. The molecule has 0 radical (unpaired) electrons. The van der Waals surface area contributed by atoms with Gasteiger partial charge in [-0.2, -0.15) is 0 Å². The number of aromatic nitrogens is 1. The van der Waals surface area contributed by atoms with Crippen molar-refractivity contribution in [3.8, 4) is 0 Å². The van der Waals surface area contributed by atoms with Crippen LogP contribution in [0, 0.1) is 0 Å². The first kappa shape index (κ1) is 15.2. The van der Waals surface area contributed by atoms with Gasteiger partial charge in [0.2, 0.25) is 0 Å². The number of halogens is 2. The van der Waals surface area contributed by atoms with Gasteiger partial charge in [0, 0.05) is 23.6 Å². The zero-order valence-electron chi connectivity index (χ0n) is 8.73. The molecular weight excluding hydrogens is 251 g/mol. The van der Waals surface area contributed by atoms with Crippen LogP contribution in [0.5, 0.6) is 0 Å². The Labute approximate surface area is 105 Å². The minimum absolute atomic E-state index is 0.370. The Morgan fingerprint density at radius 1 is 1.38 bits per heavy atom. The lowest BCUT2D eigenvalue weighted by atomic mass is 10.3. The monoisotopic (exact) mass is 264 g/mol. The molecule has 0 atom stereocenters. The largest absolute Gasteiger partial charge is 0.399 e. The van der Waals surface area contributed by atoms with Crippen LogP contribution >= 0.6 is 23.2 Å². The molecule has 0 aromatic carbocycles. The molecule has 0 aliphatic rings. The van der Waals surface area contributed by atoms with Gasteiger partial charge in [0.05, 0.1) is 13.2 Å². The van der Waals surface area contributed by atoms with Crippen molar-refractivity contribution in [2.24, 2.45) is 0 Å². The highest BCUT2D eigenvalue weighted by Crippen LogP contribution is 1.98. The molecule has 0 aliphatic heterocycles. The molecule has 0 amide bonds. The Hall–Kier alpha value is -0.840. The summed E-state index contributed by atoms with van der Waals surface area (Å²) >= 11 is 10.5. The summed E-state index contributed by atoms with van der Waals surface area (Å²) in [5.41, 5.74) is 6.27. The van der Waals surface area contributed by atoms with E-state index >= 15 is 0 Å². The lowest BCUT2D eigenvalue weighted by molar-refractivity contribution is 0.111. The third-order valence-corrected chi connectivity index (χ3v) is 1.68. The average Bonchev–Trinajstić information content (AvgIpc) is 2.31. The first-order chi connectivity index (χ1) is 7.74. The molecule has 1 heterocycles. The highest BCUT2D eigenvalue weighted by molar-refractivity contribution is 6.18. The minimum atomic E-state index is 0.370. The molecule has 0 saturated heterocycles. The summed E-state index contributed by atoms with van der Waals surface area (Å²) in [4.78, 5) is 13.8. The Morgan fingerprint density at radius 2 is 2.00 bits per heavy atom. The third kappa shape index (κ3) is 8.47. The first-order valence-electron chi connectivity index (χ1n) is 4.61. The van der Waals surface area contributed by atoms with E-state index in [4.69, 9.17) is 33.7 Å². The van der Waals surface area contributed by atoms with Gasteiger partial charge >= 0.3 is 0 Å². The topological polar surface area (TPSA) is 65.2 Å². The first-order valence-corrected chi connectivity index (χ1v) is 5.68. The van der Waals surface area contributed by atoms with Gasteiger partial charge in [-0.05, 0) is 12.1 Å². The zero-order chi connectivity index (χ0) is 12.2. The molecule has 1 aromatic heterocycles. The van der Waals surface area contributed by atoms with Gasteiger partial charge in [-0.25, -0.2) is 0 Å². The van der Waals surface area contributed by atoms with E-state index in [1.165, 1.54) is 12.3 Å². The number of hydrogen-bond acceptors (Lipinski definition) is 4. The molecule has 0 bridgehead atoms. The van der Waals surface area contributed by atoms with Crippen LogP contribution in [-0.4, -0.2) is 36.2 Å². The van der Waals surface area contributed by atoms with Gasteiger partial charge in [-0.1, -0.05) is 0 Å². The standard InChI is InChI=1S/C6H6N2O.C4H8Cl2O/c7-5-1-2-8-6(3-5)4-9;5-1-3-7-4-2-6/h1-4H,(H2,7,8);1-4H2. The van der Waals surface area contributed by atoms with Crippen molar-refractivity contribution in [1.29, 1.82) is 0 Å². The quantitative estimate of drug-likeness (QED) is 0.502. The van der Waals surface area contributed by atoms with Gasteiger partial charge in [0.15, 0.2) is 6.29 Å². The minimum Gasteiger partial charge on any atom is -0.399 e. The molecular formula is C10H14Cl2N2O2. The number of pyridine rings is 1. The summed E-state index contributed by atoms with van der Waals surface area (Å²) in [6, 6.07) is 3.15. The summed E-state index contributed by atoms with van der Waals surface area (Å²) in [5, 5.41) is 0. The number of alkyl halides is 2. The van der Waals surface area contributed by atoms with Crippen molar-refractivity contribution in [1.82, 2.24) is 4.98 Å². The van der Waals surface area contributed by atoms with Gasteiger partial charge in [0.1, 0.15) is 5.69 Å². The molecule has 6 heteroatoms. The number of ether oxygens (including phenoxy) is 1. The molecule has 1 rings (SSSR count). The molecule has 0 unspecified atom stereocenters. The summed E-state index contributed by atoms with van der Waals surface area (Å²) in [6.07, 6.45) is 2.16. The van der Waals surface area contributed by atoms with Crippen LogP contribution in [0.3, 0.4) is 0 Å². The van der Waals surface area contributed by atoms with Crippen LogP contribution in [0.1, 0.15) is 10.5 Å². The molecule has 2 N–H and O–H groups in total. The molecule has 0 aliphatic carbocycles. The molecule has 1 aromatic rings. The summed E-state index contributed by atoms with van der Waals surface area (Å²) in [6.45, 7) is 1.21. The third-order valence-electron chi connectivity index (χ3n) is 1.37. The molecule has 16 heavy (non-hydrogen) atoms. The maximum atomic E-state index is 10.0. The lowest BCUT2D eigenvalue weighted by Crippen LogP contribution is -1.97. The normalized spacial score (nSPS) is 9.12. The Balaban J connectivity index is 0.000000293. The van der Waals surface area contributed by atoms with E-state index in [0.717, 1.165) is 0 Å². The van der Waals surface area contributed by atoms with E-state index in [-0.39, 0.29) is 0 Å². The van der Waals surface area contributed by atoms with Crippen molar-refractivity contribution in [2.45, 2.75) is 0 Å². The number of nitrogens with zero attached hydrogens (tertiary/aromatic N) is 1. The molecule has 0 saturated carbocycles. The van der Waals surface area contributed by atoms with Crippen LogP contribution in [0.4, 0.5) is 5.69 Å². The van der Waals surface area contributed by atoms with Crippen molar-refractivity contribution in [3.05, 3.63) is 24.0 Å². The highest BCUT2D eigenvalue weighted by atomic mass is 35.5. The van der Waals surface area contributed by atoms with Crippen molar-refractivity contribution >= 4 is 35.2 Å². The maximum Gasteiger partial charge on any atom is 0.168 e. The number of nitrogen functional groups attached to an aromatic ring is 1. The summed E-state index contributed by atoms with van der Waals surface area (Å²) in [7, 11) is 0. The van der Waals surface area contributed by atoms with Crippen LogP contribution in [0.25, 0.3) is 0 Å². The predicted octanol–water partition coefficient (Wildman–Crippen LogP) is 1.96. The van der Waals surface area contributed by atoms with Gasteiger partial charge in [-0.15, -0.1) is 23.2 Å². The number of hydrogen-bond donors (Lipinski definition) is 1. The molecule has 4 nitrogen and oxygen atoms in total. The van der Waals surface area contributed by atoms with Crippen molar-refractivity contribution in [2.75, 3.05) is 30.7 Å². The highest BCUT2D eigenvalue weighted by Gasteiger charge is 1.88. The number of anilines is 1. The predicted molar refractivity (Wildman–Crippen MR) is 66.3 cm³/mol. The van der Waals surface area contributed by atoms with E-state index in [1.807, 2.05) is 0 Å². The Kier molecular flexibility index (Phi) is 10.1. The second kappa shape index (κ2) is 10.7. The SMILES string of the molecule is ClCCOCCCl.Nc1ccnc(C=O)c1. The van der Waals surface area contributed by atoms with Crippen molar-refractivity contribution in [3.63, 3.8) is 0 Å². The summed E-state index contributed by atoms with van der Waals surface area (Å²) in [5.74, 6) is 1.10. The van der Waals surface area contributed by atoms with Crippen LogP contribution < -0.4 is 5.73 Å². The van der Waals surface area contributed by atoms with E-state index in [0.29, 0.717) is 42.6 Å². The number of nitrogens with two attached hydrogens (primary N) is 1. The van der Waals surface area contributed by atoms with Crippen molar-refractivity contribution < 1.29 is 9.53 Å². The fourth-order valence-corrected chi connectivity index (χ4v) is 0.959. The Morgan fingerprint density at radius 3 is 2.38 bits per heavy atom. The van der Waals surface area contributed by atoms with E-state index < -0.39 is 0 Å². The van der Waals surface area contributed by atoms with E-state index in [1.54, 1.807) is 6.07 Å².